The first-order valence-electron chi connectivity index (χ1n) is 19.5. The molecule has 0 bridgehead atoms. The van der Waals surface area contributed by atoms with E-state index in [0.29, 0.717) is 7.35 Å². The van der Waals surface area contributed by atoms with Crippen molar-refractivity contribution >= 4 is 37.0 Å². The number of fused-ring (bicyclic) bond motifs is 2. The minimum atomic E-state index is -2.95. The van der Waals surface area contributed by atoms with E-state index in [2.05, 4.69) is 182 Å². The molecule has 0 spiro atoms. The maximum absolute atomic E-state index is 2.95. The average Bonchev–Trinajstić information content (AvgIpc) is 3.60. The Balaban J connectivity index is 0.00000271. The summed E-state index contributed by atoms with van der Waals surface area (Å²) in [6, 6.07) is 29.4. The van der Waals surface area contributed by atoms with Gasteiger partial charge in [0, 0.05) is 0 Å². The van der Waals surface area contributed by atoms with Gasteiger partial charge in [-0.05, 0) is 0 Å². The molecule has 1 heterocycles. The van der Waals surface area contributed by atoms with E-state index in [9.17, 15) is 0 Å². The fraction of sp³-hybridized carbons (Fsp3) is 0.440. The topological polar surface area (TPSA) is 0 Å². The van der Waals surface area contributed by atoms with Gasteiger partial charge in [0.1, 0.15) is 0 Å². The first-order chi connectivity index (χ1) is 23.6. The maximum Gasteiger partial charge on any atom is -0.147 e. The van der Waals surface area contributed by atoms with Gasteiger partial charge in [-0.1, -0.05) is 0 Å². The monoisotopic (exact) mass is 914 g/mol. The molecule has 53 heavy (non-hydrogen) atoms. The van der Waals surface area contributed by atoms with Crippen LogP contribution in [0.5, 0.6) is 0 Å². The summed E-state index contributed by atoms with van der Waals surface area (Å²) in [5, 5.41) is 0. The minimum absolute atomic E-state index is 0. The molecule has 7 rings (SSSR count). The maximum atomic E-state index is 2.60. The quantitative estimate of drug-likeness (QED) is 0.179. The molecule has 0 radical (unpaired) electrons. The van der Waals surface area contributed by atoms with E-state index in [1.807, 2.05) is 0 Å². The van der Waals surface area contributed by atoms with Crippen molar-refractivity contribution in [1.82, 2.24) is 0 Å². The van der Waals surface area contributed by atoms with E-state index >= 15 is 0 Å². The van der Waals surface area contributed by atoms with E-state index in [1.54, 1.807) is 22.3 Å². The number of halogens is 2. The minimum Gasteiger partial charge on any atom is -0.147 e. The molecule has 2 unspecified atom stereocenters. The summed E-state index contributed by atoms with van der Waals surface area (Å²) in [4.78, 5) is 0. The van der Waals surface area contributed by atoms with E-state index in [-0.39, 0.29) is 46.5 Å². The second-order valence-corrected chi connectivity index (χ2v) is 37.2. The molecule has 2 aliphatic carbocycles. The summed E-state index contributed by atoms with van der Waals surface area (Å²) in [5.74, 6) is 0. The number of hydrogen-bond acceptors (Lipinski definition) is 0. The van der Waals surface area contributed by atoms with Crippen molar-refractivity contribution in [2.45, 2.75) is 134 Å². The van der Waals surface area contributed by atoms with Crippen LogP contribution in [0.25, 0.3) is 34.4 Å². The van der Waals surface area contributed by atoms with E-state index in [1.165, 1.54) is 64.0 Å². The molecule has 1 aliphatic heterocycles. The molecule has 0 N–H and O–H groups in total. The third-order valence-electron chi connectivity index (χ3n) is 12.5. The molecule has 0 amide bonds. The number of hydrogen-bond donors (Lipinski definition) is 0. The Kier molecular flexibility index (Phi) is 11.1. The van der Waals surface area contributed by atoms with Gasteiger partial charge in [-0.3, -0.25) is 0 Å². The molecule has 4 aromatic rings. The molecule has 3 heteroatoms. The molecular formula is C50H64Cl2Hf. The van der Waals surface area contributed by atoms with Gasteiger partial charge >= 0.3 is 317 Å². The summed E-state index contributed by atoms with van der Waals surface area (Å²) in [6.45, 7) is 33.2. The van der Waals surface area contributed by atoms with Crippen LogP contribution in [-0.4, -0.2) is 0 Å². The van der Waals surface area contributed by atoms with Crippen molar-refractivity contribution in [3.05, 3.63) is 128 Å². The average molecular weight is 914 g/mol. The normalized spacial score (nSPS) is 19.1. The van der Waals surface area contributed by atoms with Gasteiger partial charge in [-0.25, -0.2) is 0 Å². The zero-order valence-corrected chi connectivity index (χ0v) is 40.2. The molecule has 2 atom stereocenters. The van der Waals surface area contributed by atoms with Crippen molar-refractivity contribution in [2.75, 3.05) is 0 Å². The fourth-order valence-corrected chi connectivity index (χ4v) is 37.6. The molecular weight excluding hydrogens is 850 g/mol. The molecule has 4 aromatic carbocycles. The third-order valence-corrected chi connectivity index (χ3v) is 32.2. The Labute approximate surface area is 339 Å². The molecule has 0 aromatic heterocycles. The van der Waals surface area contributed by atoms with Crippen molar-refractivity contribution in [3.63, 3.8) is 0 Å². The van der Waals surface area contributed by atoms with Gasteiger partial charge in [-0.2, -0.15) is 0 Å². The zero-order chi connectivity index (χ0) is 37.1. The van der Waals surface area contributed by atoms with Crippen LogP contribution in [0.15, 0.2) is 83.9 Å². The van der Waals surface area contributed by atoms with Crippen LogP contribution < -0.4 is 0 Å². The molecule has 0 nitrogen and oxygen atoms in total. The largest absolute Gasteiger partial charge is 0.147 e. The second-order valence-electron chi connectivity index (χ2n) is 20.6. The fourth-order valence-electron chi connectivity index (χ4n) is 9.32. The summed E-state index contributed by atoms with van der Waals surface area (Å²) >= 11 is -2.95. The van der Waals surface area contributed by atoms with Crippen molar-refractivity contribution in [3.8, 4) is 22.3 Å². The van der Waals surface area contributed by atoms with Gasteiger partial charge in [0.2, 0.25) is 0 Å². The summed E-state index contributed by atoms with van der Waals surface area (Å²) in [7, 11) is 0. The van der Waals surface area contributed by atoms with Crippen LogP contribution in [-0.2, 0) is 41.6 Å². The first kappa shape index (κ1) is 42.0. The van der Waals surface area contributed by atoms with Gasteiger partial charge in [-0.15, -0.1) is 24.8 Å². The SMILES string of the molecule is CC1=Cc2c(-c3cc(C(C)(C)C)cc(C(C)(C)C)c3)cccc2[CH]1[Hf]1([CH]2C(C)=Cc3c(-c4cc(C(C)(C)C)cc(C(C)(C)C)c4)cccc32)[CH2][CH2]1.Cl.Cl. The summed E-state index contributed by atoms with van der Waals surface area (Å²) < 4.78 is 4.29. The van der Waals surface area contributed by atoms with Crippen LogP contribution >= 0.6 is 24.8 Å². The van der Waals surface area contributed by atoms with E-state index in [0.717, 1.165) is 0 Å². The predicted molar refractivity (Wildman–Crippen MR) is 235 cm³/mol. The number of benzene rings is 4. The smallest absolute Gasteiger partial charge is 0.147 e. The van der Waals surface area contributed by atoms with Crippen LogP contribution in [0.1, 0.15) is 149 Å². The Bertz CT molecular complexity index is 1900. The molecule has 1 fully saturated rings. The molecule has 282 valence electrons. The van der Waals surface area contributed by atoms with E-state index < -0.39 is 20.0 Å². The number of allylic oxidation sites excluding steroid dienone is 2. The van der Waals surface area contributed by atoms with Crippen molar-refractivity contribution in [1.29, 1.82) is 0 Å². The molecule has 0 saturated carbocycles. The molecule has 1 saturated heterocycles. The number of rotatable bonds is 4. The van der Waals surface area contributed by atoms with E-state index in [4.69, 9.17) is 0 Å². The third kappa shape index (κ3) is 7.55. The van der Waals surface area contributed by atoms with Crippen molar-refractivity contribution in [2.24, 2.45) is 0 Å². The Morgan fingerprint density at radius 3 is 1.02 bits per heavy atom. The Morgan fingerprint density at radius 1 is 0.453 bits per heavy atom. The zero-order valence-electron chi connectivity index (χ0n) is 35.0. The second kappa shape index (κ2) is 14.1. The van der Waals surface area contributed by atoms with Crippen LogP contribution in [0.3, 0.4) is 0 Å². The first-order valence-corrected chi connectivity index (χ1v) is 28.8. The standard InChI is InChI=1S/2C24H29.C2H4.2ClH.Hf/c2*1-16-11-17-9-8-10-21(22(17)12-16)18-13-19(23(2,3)4)15-20(14-18)24(5,6)7;1-2;;;/h2*8-15H,1-7H3;1-2H2;2*1H;. The van der Waals surface area contributed by atoms with Gasteiger partial charge in [0.25, 0.3) is 0 Å². The van der Waals surface area contributed by atoms with Crippen LogP contribution in [0, 0.1) is 0 Å². The summed E-state index contributed by atoms with van der Waals surface area (Å²) in [5.41, 5.74) is 21.2. The van der Waals surface area contributed by atoms with Gasteiger partial charge in [0.15, 0.2) is 0 Å². The summed E-state index contributed by atoms with van der Waals surface area (Å²) in [6.07, 6.45) is 5.21. The van der Waals surface area contributed by atoms with Crippen LogP contribution in [0.4, 0.5) is 0 Å². The van der Waals surface area contributed by atoms with Crippen molar-refractivity contribution < 1.29 is 20.0 Å². The van der Waals surface area contributed by atoms with Gasteiger partial charge < -0.3 is 0 Å². The Morgan fingerprint density at radius 2 is 0.755 bits per heavy atom. The Hall–Kier alpha value is -2.19. The van der Waals surface area contributed by atoms with Gasteiger partial charge in [0.05, 0.1) is 0 Å². The molecule has 3 aliphatic rings. The van der Waals surface area contributed by atoms with Crippen LogP contribution in [0.2, 0.25) is 8.35 Å². The predicted octanol–water partition coefficient (Wildman–Crippen LogP) is 15.7.